The minimum atomic E-state index is -0.531. The Balaban J connectivity index is 0.000000720. The number of halogens is 1. The monoisotopic (exact) mass is 190 g/mol. The molecule has 2 rings (SSSR count). The highest BCUT2D eigenvalue weighted by Crippen LogP contribution is 2.24. The third-order valence-electron chi connectivity index (χ3n) is 2.39. The molecule has 0 saturated carbocycles. The summed E-state index contributed by atoms with van der Waals surface area (Å²) in [4.78, 5) is 22.1. The summed E-state index contributed by atoms with van der Waals surface area (Å²) >= 11 is 0. The number of carbonyl (C=O) groups excluding carboxylic acids is 2. The van der Waals surface area contributed by atoms with E-state index < -0.39 is 5.54 Å². The molecule has 2 N–H and O–H groups in total. The van der Waals surface area contributed by atoms with Crippen LogP contribution in [0.5, 0.6) is 0 Å². The van der Waals surface area contributed by atoms with Crippen molar-refractivity contribution in [1.82, 2.24) is 10.6 Å². The number of rotatable bonds is 0. The maximum atomic E-state index is 11.2. The predicted molar refractivity (Wildman–Crippen MR) is 45.2 cm³/mol. The molecule has 12 heavy (non-hydrogen) atoms. The average Bonchev–Trinajstić information content (AvgIpc) is 2.46. The van der Waals surface area contributed by atoms with Gasteiger partial charge in [0, 0.05) is 13.0 Å². The fraction of sp³-hybridized carbons (Fsp3) is 0.714. The summed E-state index contributed by atoms with van der Waals surface area (Å²) in [5.41, 5.74) is -0.531. The Morgan fingerprint density at radius 2 is 2.08 bits per heavy atom. The lowest BCUT2D eigenvalue weighted by molar-refractivity contribution is -0.125. The minimum Gasteiger partial charge on any atom is -0.354 e. The Morgan fingerprint density at radius 3 is 2.50 bits per heavy atom. The van der Waals surface area contributed by atoms with Crippen molar-refractivity contribution in [2.75, 3.05) is 13.1 Å². The van der Waals surface area contributed by atoms with Crippen molar-refractivity contribution < 1.29 is 9.59 Å². The second kappa shape index (κ2) is 3.03. The first-order chi connectivity index (χ1) is 5.23. The van der Waals surface area contributed by atoms with Crippen LogP contribution in [0.3, 0.4) is 0 Å². The van der Waals surface area contributed by atoms with Gasteiger partial charge in [-0.05, 0) is 6.42 Å². The van der Waals surface area contributed by atoms with Crippen molar-refractivity contribution in [2.24, 2.45) is 0 Å². The van der Waals surface area contributed by atoms with Gasteiger partial charge >= 0.3 is 0 Å². The summed E-state index contributed by atoms with van der Waals surface area (Å²) in [6.07, 6.45) is 1.12. The second-order valence-electron chi connectivity index (χ2n) is 3.16. The largest absolute Gasteiger partial charge is 0.354 e. The highest BCUT2D eigenvalue weighted by molar-refractivity contribution is 5.98. The average molecular weight is 191 g/mol. The molecule has 1 amide bonds. The molecule has 2 aliphatic heterocycles. The highest BCUT2D eigenvalue weighted by Gasteiger charge is 2.47. The molecule has 68 valence electrons. The minimum absolute atomic E-state index is 0. The third-order valence-corrected chi connectivity index (χ3v) is 2.39. The van der Waals surface area contributed by atoms with Crippen molar-refractivity contribution in [3.05, 3.63) is 0 Å². The molecule has 0 aliphatic carbocycles. The van der Waals surface area contributed by atoms with Gasteiger partial charge < -0.3 is 5.32 Å². The predicted octanol–water partition coefficient (Wildman–Crippen LogP) is -0.771. The number of hydrogen-bond acceptors (Lipinski definition) is 3. The van der Waals surface area contributed by atoms with E-state index in [9.17, 15) is 9.59 Å². The molecule has 2 fully saturated rings. The summed E-state index contributed by atoms with van der Waals surface area (Å²) in [6, 6.07) is 0. The lowest BCUT2D eigenvalue weighted by Crippen LogP contribution is -2.46. The lowest BCUT2D eigenvalue weighted by Gasteiger charge is -2.17. The van der Waals surface area contributed by atoms with Crippen molar-refractivity contribution in [3.8, 4) is 0 Å². The van der Waals surface area contributed by atoms with Gasteiger partial charge in [0.05, 0.1) is 6.54 Å². The van der Waals surface area contributed by atoms with Crippen molar-refractivity contribution in [3.63, 3.8) is 0 Å². The van der Waals surface area contributed by atoms with E-state index in [0.29, 0.717) is 19.5 Å². The molecular formula is C7H11ClN2O2. The number of ketones is 1. The Hall–Kier alpha value is -0.610. The molecule has 0 aromatic rings. The SMILES string of the molecule is Cl.O=C1CNC2(CCNC2=O)C1. The summed E-state index contributed by atoms with van der Waals surface area (Å²) in [6.45, 7) is 1.05. The van der Waals surface area contributed by atoms with Gasteiger partial charge in [0.1, 0.15) is 11.3 Å². The van der Waals surface area contributed by atoms with E-state index >= 15 is 0 Å². The molecule has 0 radical (unpaired) electrons. The first-order valence-electron chi connectivity index (χ1n) is 3.78. The summed E-state index contributed by atoms with van der Waals surface area (Å²) < 4.78 is 0. The fourth-order valence-corrected chi connectivity index (χ4v) is 1.74. The van der Waals surface area contributed by atoms with Crippen LogP contribution >= 0.6 is 12.4 Å². The van der Waals surface area contributed by atoms with Crippen LogP contribution in [0.1, 0.15) is 12.8 Å². The number of Topliss-reactive ketones (excluding diaryl/α,β-unsaturated/α-hetero) is 1. The zero-order chi connectivity index (χ0) is 7.90. The van der Waals surface area contributed by atoms with E-state index in [-0.39, 0.29) is 24.1 Å². The molecule has 4 nitrogen and oxygen atoms in total. The van der Waals surface area contributed by atoms with Gasteiger partial charge in [-0.3, -0.25) is 14.9 Å². The molecule has 1 atom stereocenters. The zero-order valence-corrected chi connectivity index (χ0v) is 7.37. The molecular weight excluding hydrogens is 180 g/mol. The summed E-state index contributed by atoms with van der Waals surface area (Å²) in [5.74, 6) is 0.130. The van der Waals surface area contributed by atoms with Crippen molar-refractivity contribution >= 4 is 24.1 Å². The molecule has 0 bridgehead atoms. The quantitative estimate of drug-likeness (QED) is 0.528. The van der Waals surface area contributed by atoms with Crippen molar-refractivity contribution in [1.29, 1.82) is 0 Å². The van der Waals surface area contributed by atoms with Gasteiger partial charge in [0.2, 0.25) is 5.91 Å². The Kier molecular flexibility index (Phi) is 2.39. The van der Waals surface area contributed by atoms with Crippen LogP contribution in [-0.2, 0) is 9.59 Å². The molecule has 1 unspecified atom stereocenters. The number of nitrogens with one attached hydrogen (secondary N) is 2. The van der Waals surface area contributed by atoms with Crippen LogP contribution in [0.25, 0.3) is 0 Å². The molecule has 5 heteroatoms. The first-order valence-corrected chi connectivity index (χ1v) is 3.78. The van der Waals surface area contributed by atoms with E-state index in [2.05, 4.69) is 10.6 Å². The lowest BCUT2D eigenvalue weighted by atomic mass is 9.96. The Morgan fingerprint density at radius 1 is 1.33 bits per heavy atom. The summed E-state index contributed by atoms with van der Waals surface area (Å²) in [5, 5.41) is 5.69. The molecule has 2 heterocycles. The molecule has 2 saturated heterocycles. The smallest absolute Gasteiger partial charge is 0.240 e. The van der Waals surface area contributed by atoms with Crippen LogP contribution in [-0.4, -0.2) is 30.3 Å². The molecule has 2 aliphatic rings. The van der Waals surface area contributed by atoms with Gasteiger partial charge in [-0.15, -0.1) is 12.4 Å². The number of amides is 1. The third kappa shape index (κ3) is 1.21. The van der Waals surface area contributed by atoms with Gasteiger partial charge in [0.25, 0.3) is 0 Å². The van der Waals surface area contributed by atoms with Gasteiger partial charge in [-0.2, -0.15) is 0 Å². The van der Waals surface area contributed by atoms with Gasteiger partial charge in [-0.1, -0.05) is 0 Å². The highest BCUT2D eigenvalue weighted by atomic mass is 35.5. The maximum absolute atomic E-state index is 11.2. The van der Waals surface area contributed by atoms with E-state index in [1.807, 2.05) is 0 Å². The van der Waals surface area contributed by atoms with Gasteiger partial charge in [0.15, 0.2) is 0 Å². The zero-order valence-electron chi connectivity index (χ0n) is 6.55. The van der Waals surface area contributed by atoms with Crippen LogP contribution in [0.4, 0.5) is 0 Å². The number of hydrogen-bond donors (Lipinski definition) is 2. The molecule has 0 aromatic heterocycles. The van der Waals surface area contributed by atoms with E-state index in [1.165, 1.54) is 0 Å². The second-order valence-corrected chi connectivity index (χ2v) is 3.16. The van der Waals surface area contributed by atoms with Crippen LogP contribution < -0.4 is 10.6 Å². The van der Waals surface area contributed by atoms with E-state index in [4.69, 9.17) is 0 Å². The van der Waals surface area contributed by atoms with Crippen LogP contribution in [0.2, 0.25) is 0 Å². The maximum Gasteiger partial charge on any atom is 0.240 e. The van der Waals surface area contributed by atoms with Crippen LogP contribution in [0, 0.1) is 0 Å². The topological polar surface area (TPSA) is 58.2 Å². The van der Waals surface area contributed by atoms with E-state index in [0.717, 1.165) is 6.42 Å². The fourth-order valence-electron chi connectivity index (χ4n) is 1.74. The van der Waals surface area contributed by atoms with E-state index in [1.54, 1.807) is 0 Å². The Labute approximate surface area is 76.5 Å². The molecule has 1 spiro atoms. The molecule has 0 aromatic carbocycles. The normalized spacial score (nSPS) is 33.7. The Bertz CT molecular complexity index is 231. The summed E-state index contributed by atoms with van der Waals surface area (Å²) in [7, 11) is 0. The van der Waals surface area contributed by atoms with Crippen LogP contribution in [0.15, 0.2) is 0 Å². The first kappa shape index (κ1) is 9.48. The van der Waals surface area contributed by atoms with Gasteiger partial charge in [-0.25, -0.2) is 0 Å². The number of carbonyl (C=O) groups is 2. The van der Waals surface area contributed by atoms with Crippen molar-refractivity contribution in [2.45, 2.75) is 18.4 Å². The standard InChI is InChI=1S/C7H10N2O2.ClH/c10-5-3-7(9-4-5)1-2-8-6(7)11;/h9H,1-4H2,(H,8,11);1H.